The molecule has 0 radical (unpaired) electrons. The number of benzene rings is 4. The third-order valence-corrected chi connectivity index (χ3v) is 7.13. The van der Waals surface area contributed by atoms with Gasteiger partial charge in [0.25, 0.3) is 5.91 Å². The number of hydrogen-bond acceptors (Lipinski definition) is 6. The molecule has 0 bridgehead atoms. The number of carboxylic acids is 1. The Morgan fingerprint density at radius 3 is 2.36 bits per heavy atom. The van der Waals surface area contributed by atoms with Crippen LogP contribution in [0.5, 0.6) is 5.75 Å². The minimum absolute atomic E-state index is 0. The van der Waals surface area contributed by atoms with Crippen LogP contribution in [0.25, 0.3) is 16.8 Å². The first-order valence-corrected chi connectivity index (χ1v) is 13.0. The Bertz CT molecular complexity index is 1550. The Balaban J connectivity index is 0.00000353. The van der Waals surface area contributed by atoms with Crippen LogP contribution < -0.4 is 44.7 Å². The van der Waals surface area contributed by atoms with E-state index in [9.17, 15) is 14.7 Å². The van der Waals surface area contributed by atoms with Crippen molar-refractivity contribution in [2.75, 3.05) is 5.32 Å². The topological polar surface area (TPSA) is 90.8 Å². The number of nitrogens with one attached hydrogen (secondary N) is 1. The molecule has 1 amide bonds. The molecular formula is C31H25N2NaO4S. The fourth-order valence-electron chi connectivity index (χ4n) is 4.20. The molecule has 1 atom stereocenters. The number of ether oxygens (including phenoxy) is 1. The monoisotopic (exact) mass is 544 g/mol. The zero-order valence-electron chi connectivity index (χ0n) is 21.7. The van der Waals surface area contributed by atoms with Gasteiger partial charge in [-0.25, -0.2) is 0 Å². The molecule has 0 fully saturated rings. The molecule has 1 unspecified atom stereocenters. The van der Waals surface area contributed by atoms with Crippen LogP contribution in [0.2, 0.25) is 0 Å². The standard InChI is InChI=1S/C31H26N2O4S.Na/c1-20(15-29(34)35)22-11-13-26(14-12-22)32-31-33-30(36)28(38-31)18-25-16-23-9-5-6-10-24(23)17-27(25)37-19-21-7-3-2-4-8-21;/h2-14,16-18,20H,15,19H2,1H3,(H,34,35)(H,32,33,36);/q;+1/p-1. The number of amidine groups is 1. The molecule has 190 valence electrons. The van der Waals surface area contributed by atoms with E-state index in [0.29, 0.717) is 22.4 Å². The summed E-state index contributed by atoms with van der Waals surface area (Å²) in [7, 11) is 0. The van der Waals surface area contributed by atoms with Crippen LogP contribution in [-0.2, 0) is 16.2 Å². The zero-order chi connectivity index (χ0) is 26.5. The van der Waals surface area contributed by atoms with Gasteiger partial charge in [-0.05, 0) is 76.3 Å². The van der Waals surface area contributed by atoms with E-state index in [0.717, 1.165) is 33.2 Å². The maximum absolute atomic E-state index is 12.8. The number of rotatable bonds is 8. The van der Waals surface area contributed by atoms with Crippen LogP contribution in [0.3, 0.4) is 0 Å². The fourth-order valence-corrected chi connectivity index (χ4v) is 5.02. The number of aliphatic imine (C=N–C) groups is 1. The average molecular weight is 545 g/mol. The molecular weight excluding hydrogens is 519 g/mol. The number of amides is 1. The minimum Gasteiger partial charge on any atom is -0.550 e. The quantitative estimate of drug-likeness (QED) is 0.271. The Kier molecular flexibility index (Phi) is 9.64. The fraction of sp³-hybridized carbons (Fsp3) is 0.129. The summed E-state index contributed by atoms with van der Waals surface area (Å²) in [5.74, 6) is -0.854. The maximum atomic E-state index is 12.8. The molecule has 8 heteroatoms. The second kappa shape index (κ2) is 13.1. The zero-order valence-corrected chi connectivity index (χ0v) is 24.5. The normalized spacial score (nSPS) is 14.5. The molecule has 0 spiro atoms. The van der Waals surface area contributed by atoms with Crippen molar-refractivity contribution in [3.63, 3.8) is 0 Å². The molecule has 1 N–H and O–H groups in total. The van der Waals surface area contributed by atoms with Crippen molar-refractivity contribution < 1.29 is 49.0 Å². The van der Waals surface area contributed by atoms with Crippen LogP contribution in [0, 0.1) is 0 Å². The number of hydrogen-bond donors (Lipinski definition) is 1. The molecule has 5 rings (SSSR count). The molecule has 4 aromatic carbocycles. The van der Waals surface area contributed by atoms with Gasteiger partial charge in [0.15, 0.2) is 5.17 Å². The average Bonchev–Trinajstić information content (AvgIpc) is 3.26. The van der Waals surface area contributed by atoms with Crippen molar-refractivity contribution in [1.82, 2.24) is 0 Å². The number of fused-ring (bicyclic) bond motifs is 1. The van der Waals surface area contributed by atoms with Crippen LogP contribution in [0.1, 0.15) is 36.0 Å². The van der Waals surface area contributed by atoms with Crippen LogP contribution >= 0.6 is 11.8 Å². The van der Waals surface area contributed by atoms with Gasteiger partial charge in [0.2, 0.25) is 0 Å². The summed E-state index contributed by atoms with van der Waals surface area (Å²) in [5.41, 5.74) is 3.52. The second-order valence-electron chi connectivity index (χ2n) is 9.07. The third-order valence-electron chi connectivity index (χ3n) is 6.23. The van der Waals surface area contributed by atoms with Gasteiger partial charge in [-0.15, -0.1) is 0 Å². The predicted molar refractivity (Wildman–Crippen MR) is 151 cm³/mol. The summed E-state index contributed by atoms with van der Waals surface area (Å²) >= 11 is 1.26. The summed E-state index contributed by atoms with van der Waals surface area (Å²) in [6, 6.07) is 29.4. The first-order valence-electron chi connectivity index (χ1n) is 12.2. The Labute approximate surface area is 253 Å². The molecule has 39 heavy (non-hydrogen) atoms. The van der Waals surface area contributed by atoms with Crippen molar-refractivity contribution in [3.8, 4) is 5.75 Å². The Morgan fingerprint density at radius 2 is 1.67 bits per heavy atom. The van der Waals surface area contributed by atoms with Gasteiger partial charge >= 0.3 is 29.6 Å². The van der Waals surface area contributed by atoms with Crippen molar-refractivity contribution in [2.24, 2.45) is 4.99 Å². The largest absolute Gasteiger partial charge is 1.00 e. The second-order valence-corrected chi connectivity index (χ2v) is 10.1. The molecule has 6 nitrogen and oxygen atoms in total. The van der Waals surface area contributed by atoms with Crippen molar-refractivity contribution in [3.05, 3.63) is 113 Å². The maximum Gasteiger partial charge on any atom is 1.00 e. The molecule has 1 aliphatic heterocycles. The molecule has 0 saturated heterocycles. The van der Waals surface area contributed by atoms with E-state index in [2.05, 4.69) is 10.3 Å². The van der Waals surface area contributed by atoms with E-state index in [1.165, 1.54) is 11.8 Å². The number of carboxylic acid groups (broad SMARTS) is 1. The van der Waals surface area contributed by atoms with Gasteiger partial charge in [0.1, 0.15) is 12.4 Å². The van der Waals surface area contributed by atoms with Gasteiger partial charge < -0.3 is 20.0 Å². The van der Waals surface area contributed by atoms with E-state index in [4.69, 9.17) is 4.74 Å². The number of nitrogens with zero attached hydrogens (tertiary/aromatic N) is 1. The SMILES string of the molecule is CC(CC(=O)[O-])c1ccc(NC2=NC(=O)C(=Cc3cc4ccccc4cc3OCc3ccccc3)S2)cc1.[Na+]. The molecule has 0 saturated carbocycles. The molecule has 0 aliphatic carbocycles. The van der Waals surface area contributed by atoms with E-state index >= 15 is 0 Å². The Hall–Kier alpha value is -3.36. The smallest absolute Gasteiger partial charge is 0.550 e. The minimum atomic E-state index is -1.07. The number of anilines is 1. The van der Waals surface area contributed by atoms with E-state index < -0.39 is 5.97 Å². The van der Waals surface area contributed by atoms with Gasteiger partial charge in [0, 0.05) is 17.2 Å². The molecule has 1 aliphatic rings. The number of aliphatic carboxylic acids is 1. The summed E-state index contributed by atoms with van der Waals surface area (Å²) < 4.78 is 6.19. The molecule has 1 heterocycles. The van der Waals surface area contributed by atoms with Crippen molar-refractivity contribution in [1.29, 1.82) is 0 Å². The van der Waals surface area contributed by atoms with Gasteiger partial charge in [-0.3, -0.25) is 4.79 Å². The molecule has 0 aromatic heterocycles. The van der Waals surface area contributed by atoms with Crippen LogP contribution in [-0.4, -0.2) is 17.0 Å². The molecule has 4 aromatic rings. The summed E-state index contributed by atoms with van der Waals surface area (Å²) in [6.45, 7) is 2.26. The van der Waals surface area contributed by atoms with E-state index in [-0.39, 0.29) is 47.8 Å². The summed E-state index contributed by atoms with van der Waals surface area (Å²) in [6.07, 6.45) is 1.78. The van der Waals surface area contributed by atoms with Gasteiger partial charge in [-0.1, -0.05) is 73.7 Å². The number of thioether (sulfide) groups is 1. The predicted octanol–water partition coefficient (Wildman–Crippen LogP) is 2.75. The first kappa shape index (κ1) is 28.6. The number of carbonyl (C=O) groups is 2. The first-order chi connectivity index (χ1) is 18.4. The Morgan fingerprint density at radius 1 is 1.00 bits per heavy atom. The number of carbonyl (C=O) groups excluding carboxylic acids is 2. The van der Waals surface area contributed by atoms with Gasteiger partial charge in [-0.2, -0.15) is 4.99 Å². The van der Waals surface area contributed by atoms with E-state index in [1.54, 1.807) is 0 Å². The summed E-state index contributed by atoms with van der Waals surface area (Å²) in [5, 5.41) is 16.6. The van der Waals surface area contributed by atoms with Crippen molar-refractivity contribution in [2.45, 2.75) is 25.9 Å². The van der Waals surface area contributed by atoms with Crippen LogP contribution in [0.15, 0.2) is 101 Å². The third kappa shape index (κ3) is 7.40. The summed E-state index contributed by atoms with van der Waals surface area (Å²) in [4.78, 5) is 28.3. The van der Waals surface area contributed by atoms with Gasteiger partial charge in [0.05, 0.1) is 4.91 Å². The van der Waals surface area contributed by atoms with Crippen molar-refractivity contribution >= 4 is 51.3 Å². The van der Waals surface area contributed by atoms with E-state index in [1.807, 2.05) is 104 Å². The van der Waals surface area contributed by atoms with Crippen LogP contribution in [0.4, 0.5) is 5.69 Å².